The molecule has 0 radical (unpaired) electrons. The Kier molecular flexibility index (Phi) is 4.18. The highest BCUT2D eigenvalue weighted by atomic mass is 35.5. The molecule has 0 aliphatic rings. The van der Waals surface area contributed by atoms with Crippen LogP contribution in [0.5, 0.6) is 0 Å². The van der Waals surface area contributed by atoms with E-state index in [4.69, 9.17) is 17.3 Å². The lowest BCUT2D eigenvalue weighted by molar-refractivity contribution is 0.658. The molecule has 14 heavy (non-hydrogen) atoms. The predicted octanol–water partition coefficient (Wildman–Crippen LogP) is 3.61. The summed E-state index contributed by atoms with van der Waals surface area (Å²) in [6.07, 6.45) is 3.78. The fraction of sp³-hybridized carbons (Fsp3) is 0.333. The van der Waals surface area contributed by atoms with Crippen molar-refractivity contribution in [1.82, 2.24) is 0 Å². The molecule has 0 fully saturated rings. The number of hydrogen-bond acceptors (Lipinski definition) is 1. The van der Waals surface area contributed by atoms with Gasteiger partial charge in [-0.05, 0) is 43.0 Å². The summed E-state index contributed by atoms with van der Waals surface area (Å²) in [6, 6.07) is 5.93. The monoisotopic (exact) mass is 209 g/mol. The van der Waals surface area contributed by atoms with E-state index >= 15 is 0 Å². The van der Waals surface area contributed by atoms with Crippen LogP contribution >= 0.6 is 11.6 Å². The summed E-state index contributed by atoms with van der Waals surface area (Å²) in [4.78, 5) is 0. The summed E-state index contributed by atoms with van der Waals surface area (Å²) >= 11 is 5.87. The smallest absolute Gasteiger partial charge is 0.0408 e. The fourth-order valence-corrected chi connectivity index (χ4v) is 1.73. The van der Waals surface area contributed by atoms with Gasteiger partial charge in [0.1, 0.15) is 0 Å². The van der Waals surface area contributed by atoms with Gasteiger partial charge in [0.25, 0.3) is 0 Å². The molecule has 1 atom stereocenters. The highest BCUT2D eigenvalue weighted by Crippen LogP contribution is 2.22. The standard InChI is InChI=1S/C12H16ClN/c1-3-4-5-12(14)11-7-6-10(13)8-9(11)2/h3,6-8,12H,1,4-5,14H2,2H3/t12-/m1/s1. The molecule has 1 aromatic rings. The Morgan fingerprint density at radius 2 is 2.29 bits per heavy atom. The van der Waals surface area contributed by atoms with E-state index in [0.717, 1.165) is 23.4 Å². The van der Waals surface area contributed by atoms with E-state index in [2.05, 4.69) is 6.58 Å². The van der Waals surface area contributed by atoms with Crippen molar-refractivity contribution in [2.75, 3.05) is 0 Å². The molecule has 0 aromatic heterocycles. The zero-order chi connectivity index (χ0) is 10.6. The number of halogens is 1. The molecule has 1 aromatic carbocycles. The predicted molar refractivity (Wildman–Crippen MR) is 62.5 cm³/mol. The average molecular weight is 210 g/mol. The van der Waals surface area contributed by atoms with E-state index in [1.54, 1.807) is 0 Å². The molecule has 0 amide bonds. The van der Waals surface area contributed by atoms with Crippen LogP contribution in [-0.2, 0) is 0 Å². The van der Waals surface area contributed by atoms with Gasteiger partial charge < -0.3 is 5.73 Å². The first-order valence-electron chi connectivity index (χ1n) is 4.77. The van der Waals surface area contributed by atoms with Crippen molar-refractivity contribution in [2.45, 2.75) is 25.8 Å². The van der Waals surface area contributed by atoms with E-state index in [0.29, 0.717) is 0 Å². The second-order valence-corrected chi connectivity index (χ2v) is 3.91. The molecule has 2 heteroatoms. The van der Waals surface area contributed by atoms with Gasteiger partial charge in [-0.15, -0.1) is 6.58 Å². The van der Waals surface area contributed by atoms with Gasteiger partial charge in [0.2, 0.25) is 0 Å². The SMILES string of the molecule is C=CCC[C@@H](N)c1ccc(Cl)cc1C. The summed E-state index contributed by atoms with van der Waals surface area (Å²) in [5.74, 6) is 0. The Balaban J connectivity index is 2.78. The fourth-order valence-electron chi connectivity index (χ4n) is 1.51. The maximum absolute atomic E-state index is 6.04. The highest BCUT2D eigenvalue weighted by Gasteiger charge is 2.07. The molecule has 1 nitrogen and oxygen atoms in total. The second kappa shape index (κ2) is 5.18. The zero-order valence-electron chi connectivity index (χ0n) is 8.46. The van der Waals surface area contributed by atoms with E-state index < -0.39 is 0 Å². The van der Waals surface area contributed by atoms with Gasteiger partial charge in [-0.2, -0.15) is 0 Å². The molecule has 2 N–H and O–H groups in total. The Hall–Kier alpha value is -0.790. The molecule has 0 bridgehead atoms. The summed E-state index contributed by atoms with van der Waals surface area (Å²) in [7, 11) is 0. The van der Waals surface area contributed by atoms with E-state index in [1.165, 1.54) is 5.56 Å². The van der Waals surface area contributed by atoms with Gasteiger partial charge in [-0.25, -0.2) is 0 Å². The summed E-state index contributed by atoms with van der Waals surface area (Å²) in [5.41, 5.74) is 8.38. The maximum Gasteiger partial charge on any atom is 0.0408 e. The minimum absolute atomic E-state index is 0.0882. The lowest BCUT2D eigenvalue weighted by atomic mass is 9.98. The minimum Gasteiger partial charge on any atom is -0.324 e. The second-order valence-electron chi connectivity index (χ2n) is 3.47. The maximum atomic E-state index is 6.04. The summed E-state index contributed by atoms with van der Waals surface area (Å²) in [5, 5.41) is 0.766. The summed E-state index contributed by atoms with van der Waals surface area (Å²) < 4.78 is 0. The third-order valence-electron chi connectivity index (χ3n) is 2.31. The molecule has 0 aliphatic heterocycles. The Morgan fingerprint density at radius 1 is 1.57 bits per heavy atom. The lowest BCUT2D eigenvalue weighted by Crippen LogP contribution is -2.11. The van der Waals surface area contributed by atoms with Crippen LogP contribution in [0.2, 0.25) is 5.02 Å². The van der Waals surface area contributed by atoms with Gasteiger partial charge >= 0.3 is 0 Å². The van der Waals surface area contributed by atoms with Gasteiger partial charge in [0.05, 0.1) is 0 Å². The molecule has 76 valence electrons. The number of nitrogens with two attached hydrogens (primary N) is 1. The average Bonchev–Trinajstić information content (AvgIpc) is 2.14. The molecule has 0 heterocycles. The van der Waals surface area contributed by atoms with Crippen molar-refractivity contribution in [1.29, 1.82) is 0 Å². The molecular formula is C12H16ClN. The number of benzene rings is 1. The van der Waals surface area contributed by atoms with Gasteiger partial charge in [0, 0.05) is 11.1 Å². The van der Waals surface area contributed by atoms with Crippen LogP contribution < -0.4 is 5.73 Å². The van der Waals surface area contributed by atoms with Crippen molar-refractivity contribution in [3.63, 3.8) is 0 Å². The van der Waals surface area contributed by atoms with Crippen LogP contribution in [0.15, 0.2) is 30.9 Å². The number of allylic oxidation sites excluding steroid dienone is 1. The van der Waals surface area contributed by atoms with Crippen LogP contribution in [0.25, 0.3) is 0 Å². The first-order chi connectivity index (χ1) is 6.65. The number of rotatable bonds is 4. The molecule has 0 aliphatic carbocycles. The van der Waals surface area contributed by atoms with Crippen molar-refractivity contribution >= 4 is 11.6 Å². The minimum atomic E-state index is 0.0882. The van der Waals surface area contributed by atoms with Gasteiger partial charge in [-0.3, -0.25) is 0 Å². The van der Waals surface area contributed by atoms with Crippen molar-refractivity contribution in [2.24, 2.45) is 5.73 Å². The van der Waals surface area contributed by atoms with Crippen LogP contribution in [0.3, 0.4) is 0 Å². The van der Waals surface area contributed by atoms with Crippen LogP contribution in [-0.4, -0.2) is 0 Å². The van der Waals surface area contributed by atoms with Crippen LogP contribution in [0, 0.1) is 6.92 Å². The Morgan fingerprint density at radius 3 is 2.86 bits per heavy atom. The first kappa shape index (κ1) is 11.3. The van der Waals surface area contributed by atoms with Crippen LogP contribution in [0.4, 0.5) is 0 Å². The molecular weight excluding hydrogens is 194 g/mol. The Labute approximate surface area is 90.6 Å². The quantitative estimate of drug-likeness (QED) is 0.754. The highest BCUT2D eigenvalue weighted by molar-refractivity contribution is 6.30. The van der Waals surface area contributed by atoms with E-state index in [9.17, 15) is 0 Å². The van der Waals surface area contributed by atoms with Crippen molar-refractivity contribution < 1.29 is 0 Å². The van der Waals surface area contributed by atoms with E-state index in [1.807, 2.05) is 31.2 Å². The normalized spacial score (nSPS) is 12.5. The topological polar surface area (TPSA) is 26.0 Å². The lowest BCUT2D eigenvalue weighted by Gasteiger charge is -2.13. The van der Waals surface area contributed by atoms with Crippen LogP contribution in [0.1, 0.15) is 30.0 Å². The van der Waals surface area contributed by atoms with Crippen molar-refractivity contribution in [3.8, 4) is 0 Å². The largest absolute Gasteiger partial charge is 0.324 e. The van der Waals surface area contributed by atoms with Gasteiger partial charge in [0.15, 0.2) is 0 Å². The molecule has 0 spiro atoms. The molecule has 0 saturated carbocycles. The van der Waals surface area contributed by atoms with Gasteiger partial charge in [-0.1, -0.05) is 23.7 Å². The first-order valence-corrected chi connectivity index (χ1v) is 5.15. The molecule has 1 rings (SSSR count). The zero-order valence-corrected chi connectivity index (χ0v) is 9.22. The summed E-state index contributed by atoms with van der Waals surface area (Å²) in [6.45, 7) is 5.72. The third kappa shape index (κ3) is 2.86. The molecule has 0 saturated heterocycles. The number of hydrogen-bond donors (Lipinski definition) is 1. The molecule has 0 unspecified atom stereocenters. The van der Waals surface area contributed by atoms with E-state index in [-0.39, 0.29) is 6.04 Å². The number of aryl methyl sites for hydroxylation is 1. The van der Waals surface area contributed by atoms with Crippen molar-refractivity contribution in [3.05, 3.63) is 47.0 Å². The Bertz CT molecular complexity index is 320. The third-order valence-corrected chi connectivity index (χ3v) is 2.55.